The monoisotopic (exact) mass is 215 g/mol. The van der Waals surface area contributed by atoms with Crippen LogP contribution in [-0.4, -0.2) is 23.5 Å². The second-order valence-corrected chi connectivity index (χ2v) is 4.71. The molecule has 0 rings (SSSR count). The van der Waals surface area contributed by atoms with Crippen molar-refractivity contribution < 1.29 is 14.7 Å². The SMILES string of the molecule is CC(C)(C)C(=O)NCCCCCC(=O)O. The molecule has 0 saturated carbocycles. The van der Waals surface area contributed by atoms with Crippen LogP contribution in [0.15, 0.2) is 0 Å². The van der Waals surface area contributed by atoms with E-state index in [1.165, 1.54) is 0 Å². The van der Waals surface area contributed by atoms with E-state index in [9.17, 15) is 9.59 Å². The average molecular weight is 215 g/mol. The van der Waals surface area contributed by atoms with Crippen molar-refractivity contribution in [1.29, 1.82) is 0 Å². The third-order valence-corrected chi connectivity index (χ3v) is 2.03. The zero-order chi connectivity index (χ0) is 11.9. The van der Waals surface area contributed by atoms with Crippen molar-refractivity contribution in [3.8, 4) is 0 Å². The minimum absolute atomic E-state index is 0.0423. The molecule has 0 aromatic carbocycles. The molecule has 0 spiro atoms. The van der Waals surface area contributed by atoms with Crippen LogP contribution in [0.25, 0.3) is 0 Å². The summed E-state index contributed by atoms with van der Waals surface area (Å²) in [5, 5.41) is 11.2. The van der Waals surface area contributed by atoms with Crippen molar-refractivity contribution in [3.05, 3.63) is 0 Å². The average Bonchev–Trinajstić information content (AvgIpc) is 2.08. The first-order valence-electron chi connectivity index (χ1n) is 5.34. The number of unbranched alkanes of at least 4 members (excludes halogenated alkanes) is 2. The molecule has 2 N–H and O–H groups in total. The third-order valence-electron chi connectivity index (χ3n) is 2.03. The van der Waals surface area contributed by atoms with Gasteiger partial charge in [-0.05, 0) is 12.8 Å². The Morgan fingerprint density at radius 2 is 1.73 bits per heavy atom. The summed E-state index contributed by atoms with van der Waals surface area (Å²) >= 11 is 0. The van der Waals surface area contributed by atoms with E-state index in [1.54, 1.807) is 0 Å². The zero-order valence-electron chi connectivity index (χ0n) is 9.80. The van der Waals surface area contributed by atoms with Crippen LogP contribution in [0.4, 0.5) is 0 Å². The Labute approximate surface area is 91.1 Å². The van der Waals surface area contributed by atoms with E-state index < -0.39 is 5.97 Å². The van der Waals surface area contributed by atoms with E-state index in [0.29, 0.717) is 13.0 Å². The van der Waals surface area contributed by atoms with Gasteiger partial charge in [0.25, 0.3) is 0 Å². The van der Waals surface area contributed by atoms with Crippen molar-refractivity contribution in [2.75, 3.05) is 6.54 Å². The highest BCUT2D eigenvalue weighted by Crippen LogP contribution is 2.12. The first-order valence-corrected chi connectivity index (χ1v) is 5.34. The Kier molecular flexibility index (Phi) is 5.97. The van der Waals surface area contributed by atoms with Crippen LogP contribution in [0.3, 0.4) is 0 Å². The van der Waals surface area contributed by atoms with Gasteiger partial charge >= 0.3 is 5.97 Å². The van der Waals surface area contributed by atoms with Crippen LogP contribution in [0.2, 0.25) is 0 Å². The maximum atomic E-state index is 11.4. The Balaban J connectivity index is 3.40. The molecular formula is C11H21NO3. The molecule has 0 aliphatic heterocycles. The molecule has 0 saturated heterocycles. The van der Waals surface area contributed by atoms with E-state index in [2.05, 4.69) is 5.32 Å². The predicted molar refractivity (Wildman–Crippen MR) is 58.6 cm³/mol. The number of carboxylic acids is 1. The first kappa shape index (κ1) is 13.9. The van der Waals surface area contributed by atoms with Gasteiger partial charge in [-0.1, -0.05) is 27.2 Å². The summed E-state index contributed by atoms with van der Waals surface area (Å²) in [6.45, 7) is 6.24. The van der Waals surface area contributed by atoms with Crippen LogP contribution < -0.4 is 5.32 Å². The highest BCUT2D eigenvalue weighted by molar-refractivity contribution is 5.81. The quantitative estimate of drug-likeness (QED) is 0.664. The lowest BCUT2D eigenvalue weighted by atomic mass is 9.96. The molecule has 0 atom stereocenters. The molecule has 88 valence electrons. The summed E-state index contributed by atoms with van der Waals surface area (Å²) < 4.78 is 0. The van der Waals surface area contributed by atoms with Gasteiger partial charge in [-0.25, -0.2) is 0 Å². The van der Waals surface area contributed by atoms with Gasteiger partial charge in [-0.2, -0.15) is 0 Å². The summed E-state index contributed by atoms with van der Waals surface area (Å²) in [6, 6.07) is 0. The van der Waals surface area contributed by atoms with Crippen LogP contribution in [0.1, 0.15) is 46.5 Å². The molecule has 4 nitrogen and oxygen atoms in total. The lowest BCUT2D eigenvalue weighted by Gasteiger charge is -2.17. The molecule has 15 heavy (non-hydrogen) atoms. The van der Waals surface area contributed by atoms with Gasteiger partial charge in [-0.3, -0.25) is 9.59 Å². The second-order valence-electron chi connectivity index (χ2n) is 4.71. The molecule has 4 heteroatoms. The van der Waals surface area contributed by atoms with Crippen LogP contribution in [0.5, 0.6) is 0 Å². The molecule has 0 aromatic rings. The van der Waals surface area contributed by atoms with Gasteiger partial charge < -0.3 is 10.4 Å². The van der Waals surface area contributed by atoms with Crippen LogP contribution in [-0.2, 0) is 9.59 Å². The van der Waals surface area contributed by atoms with Gasteiger partial charge in [-0.15, -0.1) is 0 Å². The molecule has 0 aliphatic rings. The fourth-order valence-corrected chi connectivity index (χ4v) is 1.05. The maximum Gasteiger partial charge on any atom is 0.303 e. The zero-order valence-corrected chi connectivity index (χ0v) is 9.80. The fraction of sp³-hybridized carbons (Fsp3) is 0.818. The largest absolute Gasteiger partial charge is 0.481 e. The third kappa shape index (κ3) is 7.97. The van der Waals surface area contributed by atoms with E-state index >= 15 is 0 Å². The highest BCUT2D eigenvalue weighted by atomic mass is 16.4. The number of hydrogen-bond acceptors (Lipinski definition) is 2. The Morgan fingerprint density at radius 3 is 2.20 bits per heavy atom. The summed E-state index contributed by atoms with van der Waals surface area (Å²) in [7, 11) is 0. The number of rotatable bonds is 6. The van der Waals surface area contributed by atoms with Crippen molar-refractivity contribution in [2.24, 2.45) is 5.41 Å². The van der Waals surface area contributed by atoms with Gasteiger partial charge in [0.05, 0.1) is 0 Å². The maximum absolute atomic E-state index is 11.4. The van der Waals surface area contributed by atoms with Crippen LogP contribution in [0, 0.1) is 5.41 Å². The standard InChI is InChI=1S/C11H21NO3/c1-11(2,3)10(15)12-8-6-4-5-7-9(13)14/h4-8H2,1-3H3,(H,12,15)(H,13,14). The van der Waals surface area contributed by atoms with E-state index in [1.807, 2.05) is 20.8 Å². The van der Waals surface area contributed by atoms with Gasteiger partial charge in [0.1, 0.15) is 0 Å². The van der Waals surface area contributed by atoms with Crippen molar-refractivity contribution >= 4 is 11.9 Å². The van der Waals surface area contributed by atoms with Crippen molar-refractivity contribution in [3.63, 3.8) is 0 Å². The fourth-order valence-electron chi connectivity index (χ4n) is 1.05. The number of hydrogen-bond donors (Lipinski definition) is 2. The van der Waals surface area contributed by atoms with E-state index in [-0.39, 0.29) is 17.7 Å². The molecule has 0 fully saturated rings. The van der Waals surface area contributed by atoms with Crippen molar-refractivity contribution in [2.45, 2.75) is 46.5 Å². The molecule has 0 aromatic heterocycles. The number of nitrogens with one attached hydrogen (secondary N) is 1. The minimum atomic E-state index is -0.756. The number of carboxylic acid groups (broad SMARTS) is 1. The minimum Gasteiger partial charge on any atom is -0.481 e. The van der Waals surface area contributed by atoms with Gasteiger partial charge in [0.15, 0.2) is 0 Å². The summed E-state index contributed by atoms with van der Waals surface area (Å²) in [5.74, 6) is -0.713. The second kappa shape index (κ2) is 6.43. The number of aliphatic carboxylic acids is 1. The number of carbonyl (C=O) groups is 2. The topological polar surface area (TPSA) is 66.4 Å². The molecular weight excluding hydrogens is 194 g/mol. The Morgan fingerprint density at radius 1 is 1.13 bits per heavy atom. The number of carbonyl (C=O) groups excluding carboxylic acids is 1. The molecule has 0 heterocycles. The summed E-state index contributed by atoms with van der Waals surface area (Å²) in [5.41, 5.74) is -0.346. The normalized spacial score (nSPS) is 11.1. The molecule has 1 amide bonds. The lowest BCUT2D eigenvalue weighted by Crippen LogP contribution is -2.35. The Bertz CT molecular complexity index is 218. The lowest BCUT2D eigenvalue weighted by molar-refractivity contribution is -0.137. The first-order chi connectivity index (χ1) is 6.84. The van der Waals surface area contributed by atoms with Gasteiger partial charge in [0.2, 0.25) is 5.91 Å². The smallest absolute Gasteiger partial charge is 0.303 e. The molecule has 0 aliphatic carbocycles. The van der Waals surface area contributed by atoms with E-state index in [0.717, 1.165) is 12.8 Å². The molecule has 0 unspecified atom stereocenters. The summed E-state index contributed by atoms with van der Waals surface area (Å²) in [4.78, 5) is 21.6. The Hall–Kier alpha value is -1.06. The van der Waals surface area contributed by atoms with Crippen LogP contribution >= 0.6 is 0 Å². The number of amides is 1. The molecule has 0 bridgehead atoms. The molecule has 0 radical (unpaired) electrons. The van der Waals surface area contributed by atoms with Crippen molar-refractivity contribution in [1.82, 2.24) is 5.32 Å². The highest BCUT2D eigenvalue weighted by Gasteiger charge is 2.19. The summed E-state index contributed by atoms with van der Waals surface area (Å²) in [6.07, 6.45) is 2.58. The van der Waals surface area contributed by atoms with Gasteiger partial charge in [0, 0.05) is 18.4 Å². The predicted octanol–water partition coefficient (Wildman–Crippen LogP) is 1.79. The van der Waals surface area contributed by atoms with E-state index in [4.69, 9.17) is 5.11 Å².